The number of halogens is 1. The van der Waals surface area contributed by atoms with E-state index in [9.17, 15) is 4.39 Å². The summed E-state index contributed by atoms with van der Waals surface area (Å²) in [6.07, 6.45) is 3.95. The lowest BCUT2D eigenvalue weighted by Gasteiger charge is -2.32. The molecule has 4 atom stereocenters. The molecule has 1 aromatic rings. The number of nitrogens with two attached hydrogens (primary N) is 1. The van der Waals surface area contributed by atoms with Crippen molar-refractivity contribution < 1.29 is 9.13 Å². The van der Waals surface area contributed by atoms with Crippen molar-refractivity contribution in [3.05, 3.63) is 29.6 Å². The van der Waals surface area contributed by atoms with Crippen molar-refractivity contribution in [2.24, 2.45) is 17.6 Å². The first-order chi connectivity index (χ1) is 9.47. The van der Waals surface area contributed by atoms with E-state index in [0.717, 1.165) is 30.7 Å². The molecule has 1 aromatic carbocycles. The van der Waals surface area contributed by atoms with Gasteiger partial charge in [-0.15, -0.1) is 0 Å². The summed E-state index contributed by atoms with van der Waals surface area (Å²) in [7, 11) is 0. The smallest absolute Gasteiger partial charge is 0.165 e. The Kier molecular flexibility index (Phi) is 5.03. The minimum absolute atomic E-state index is 0.00412. The third-order valence-electron chi connectivity index (χ3n) is 4.43. The van der Waals surface area contributed by atoms with Gasteiger partial charge in [-0.3, -0.25) is 0 Å². The second-order valence-corrected chi connectivity index (χ2v) is 6.42. The highest BCUT2D eigenvalue weighted by molar-refractivity contribution is 5.35. The van der Waals surface area contributed by atoms with Gasteiger partial charge in [0.25, 0.3) is 0 Å². The van der Waals surface area contributed by atoms with Crippen LogP contribution in [0.5, 0.6) is 5.75 Å². The summed E-state index contributed by atoms with van der Waals surface area (Å²) in [6.45, 7) is 6.47. The molecule has 2 nitrogen and oxygen atoms in total. The maximum atomic E-state index is 14.1. The van der Waals surface area contributed by atoms with Gasteiger partial charge in [0, 0.05) is 6.04 Å². The minimum Gasteiger partial charge on any atom is -0.487 e. The molecule has 0 amide bonds. The summed E-state index contributed by atoms with van der Waals surface area (Å²) in [6, 6.07) is 5.11. The predicted molar refractivity (Wildman–Crippen MR) is 80.3 cm³/mol. The summed E-state index contributed by atoms with van der Waals surface area (Å²) in [5, 5.41) is 0. The van der Waals surface area contributed by atoms with Gasteiger partial charge in [0.05, 0.1) is 6.10 Å². The molecular formula is C17H26FNO. The molecule has 3 heteroatoms. The molecule has 0 spiro atoms. The van der Waals surface area contributed by atoms with E-state index < -0.39 is 0 Å². The Labute approximate surface area is 121 Å². The summed E-state index contributed by atoms with van der Waals surface area (Å²) in [5.41, 5.74) is 6.72. The van der Waals surface area contributed by atoms with Gasteiger partial charge in [0.2, 0.25) is 0 Å². The Hall–Kier alpha value is -1.09. The van der Waals surface area contributed by atoms with Gasteiger partial charge >= 0.3 is 0 Å². The van der Waals surface area contributed by atoms with Crippen LogP contribution in [0.15, 0.2) is 18.2 Å². The van der Waals surface area contributed by atoms with Crippen LogP contribution in [-0.4, -0.2) is 12.1 Å². The van der Waals surface area contributed by atoms with Gasteiger partial charge < -0.3 is 10.5 Å². The van der Waals surface area contributed by atoms with Gasteiger partial charge in [0.1, 0.15) is 0 Å². The van der Waals surface area contributed by atoms with Gasteiger partial charge in [-0.05, 0) is 56.1 Å². The van der Waals surface area contributed by atoms with Crippen molar-refractivity contribution in [1.82, 2.24) is 0 Å². The number of rotatable bonds is 4. The van der Waals surface area contributed by atoms with E-state index in [4.69, 9.17) is 10.5 Å². The molecule has 1 fully saturated rings. The number of hydrogen-bond donors (Lipinski definition) is 1. The average molecular weight is 279 g/mol. The van der Waals surface area contributed by atoms with Crippen molar-refractivity contribution in [2.45, 2.75) is 58.6 Å². The van der Waals surface area contributed by atoms with Gasteiger partial charge in [-0.25, -0.2) is 4.39 Å². The van der Waals surface area contributed by atoms with Crippen LogP contribution in [0.3, 0.4) is 0 Å². The Bertz CT molecular complexity index is 447. The molecule has 1 aliphatic rings. The van der Waals surface area contributed by atoms with Crippen LogP contribution < -0.4 is 10.5 Å². The molecule has 20 heavy (non-hydrogen) atoms. The van der Waals surface area contributed by atoms with E-state index in [0.29, 0.717) is 18.1 Å². The van der Waals surface area contributed by atoms with Crippen molar-refractivity contribution in [3.63, 3.8) is 0 Å². The molecule has 1 aliphatic carbocycles. The first kappa shape index (κ1) is 15.3. The molecule has 0 aliphatic heterocycles. The minimum atomic E-state index is -0.269. The first-order valence-electron chi connectivity index (χ1n) is 7.67. The highest BCUT2D eigenvalue weighted by Gasteiger charge is 2.27. The lowest BCUT2D eigenvalue weighted by atomic mass is 9.80. The molecule has 0 bridgehead atoms. The molecule has 0 saturated heterocycles. The normalized spacial score (nSPS) is 28.1. The number of benzene rings is 1. The molecule has 2 N–H and O–H groups in total. The van der Waals surface area contributed by atoms with Gasteiger partial charge in [-0.1, -0.05) is 26.0 Å². The van der Waals surface area contributed by atoms with E-state index in [-0.39, 0.29) is 18.0 Å². The van der Waals surface area contributed by atoms with Crippen molar-refractivity contribution in [2.75, 3.05) is 0 Å². The average Bonchev–Trinajstić information content (AvgIpc) is 2.37. The zero-order valence-electron chi connectivity index (χ0n) is 12.7. The van der Waals surface area contributed by atoms with Crippen LogP contribution >= 0.6 is 0 Å². The Morgan fingerprint density at radius 3 is 2.70 bits per heavy atom. The maximum absolute atomic E-state index is 14.1. The second-order valence-electron chi connectivity index (χ2n) is 6.42. The Balaban J connectivity index is 2.12. The van der Waals surface area contributed by atoms with E-state index >= 15 is 0 Å². The topological polar surface area (TPSA) is 35.2 Å². The zero-order chi connectivity index (χ0) is 14.7. The van der Waals surface area contributed by atoms with Crippen LogP contribution in [0.4, 0.5) is 4.39 Å². The molecule has 0 heterocycles. The van der Waals surface area contributed by atoms with Crippen molar-refractivity contribution in [3.8, 4) is 5.75 Å². The monoisotopic (exact) mass is 279 g/mol. The first-order valence-corrected chi connectivity index (χ1v) is 7.67. The lowest BCUT2D eigenvalue weighted by molar-refractivity contribution is 0.0957. The SMILES string of the molecule is CC(N)Cc1cccc(F)c1OC1CCC(C)C(C)C1. The van der Waals surface area contributed by atoms with Gasteiger partial charge in [0.15, 0.2) is 11.6 Å². The highest BCUT2D eigenvalue weighted by Crippen LogP contribution is 2.33. The van der Waals surface area contributed by atoms with Gasteiger partial charge in [-0.2, -0.15) is 0 Å². The summed E-state index contributed by atoms with van der Waals surface area (Å²) >= 11 is 0. The molecule has 4 unspecified atom stereocenters. The van der Waals surface area contributed by atoms with Crippen molar-refractivity contribution in [1.29, 1.82) is 0 Å². The molecule has 1 saturated carbocycles. The number of ether oxygens (including phenoxy) is 1. The Morgan fingerprint density at radius 1 is 1.30 bits per heavy atom. The fraction of sp³-hybridized carbons (Fsp3) is 0.647. The highest BCUT2D eigenvalue weighted by atomic mass is 19.1. The van der Waals surface area contributed by atoms with E-state index in [1.807, 2.05) is 13.0 Å². The predicted octanol–water partition coefficient (Wildman–Crippen LogP) is 3.92. The molecule has 0 aromatic heterocycles. The third kappa shape index (κ3) is 3.72. The number of para-hydroxylation sites is 1. The fourth-order valence-electron chi connectivity index (χ4n) is 2.96. The summed E-state index contributed by atoms with van der Waals surface area (Å²) < 4.78 is 20.1. The van der Waals surface area contributed by atoms with Crippen LogP contribution in [0, 0.1) is 17.7 Å². The maximum Gasteiger partial charge on any atom is 0.165 e. The van der Waals surface area contributed by atoms with Crippen LogP contribution in [0.25, 0.3) is 0 Å². The summed E-state index contributed by atoms with van der Waals surface area (Å²) in [5.74, 6) is 1.52. The largest absolute Gasteiger partial charge is 0.487 e. The Morgan fingerprint density at radius 2 is 2.05 bits per heavy atom. The van der Waals surface area contributed by atoms with Crippen LogP contribution in [0.1, 0.15) is 45.6 Å². The summed E-state index contributed by atoms with van der Waals surface area (Å²) in [4.78, 5) is 0. The standard InChI is InChI=1S/C17H26FNO/c1-11-7-8-15(9-12(11)2)20-17-14(10-13(3)19)5-4-6-16(17)18/h4-6,11-13,15H,7-10,19H2,1-3H3. The molecule has 112 valence electrons. The van der Waals surface area contributed by atoms with E-state index in [1.165, 1.54) is 6.07 Å². The number of hydrogen-bond acceptors (Lipinski definition) is 2. The van der Waals surface area contributed by atoms with Crippen molar-refractivity contribution >= 4 is 0 Å². The van der Waals surface area contributed by atoms with E-state index in [2.05, 4.69) is 13.8 Å². The van der Waals surface area contributed by atoms with Crippen LogP contribution in [0.2, 0.25) is 0 Å². The fourth-order valence-corrected chi connectivity index (χ4v) is 2.96. The lowest BCUT2D eigenvalue weighted by Crippen LogP contribution is -2.29. The molecule has 0 radical (unpaired) electrons. The molecule has 2 rings (SSSR count). The van der Waals surface area contributed by atoms with Crippen LogP contribution in [-0.2, 0) is 6.42 Å². The van der Waals surface area contributed by atoms with E-state index in [1.54, 1.807) is 6.07 Å². The second kappa shape index (κ2) is 6.57. The zero-order valence-corrected chi connectivity index (χ0v) is 12.7. The molecular weight excluding hydrogens is 253 g/mol. The third-order valence-corrected chi connectivity index (χ3v) is 4.43. The quantitative estimate of drug-likeness (QED) is 0.906.